The first-order valence-corrected chi connectivity index (χ1v) is 8.40. The molecule has 3 rings (SSSR count). The number of nitrogens with one attached hydrogen (secondary N) is 1. The van der Waals surface area contributed by atoms with Crippen molar-refractivity contribution in [2.75, 3.05) is 18.8 Å². The number of hydrogen-bond donors (Lipinski definition) is 2. The summed E-state index contributed by atoms with van der Waals surface area (Å²) in [6, 6.07) is 5.26. The molecule has 20 heavy (non-hydrogen) atoms. The maximum absolute atomic E-state index is 12.8. The van der Waals surface area contributed by atoms with Gasteiger partial charge in [-0.05, 0) is 31.0 Å². The summed E-state index contributed by atoms with van der Waals surface area (Å²) in [7, 11) is -3.42. The number of fused-ring (bicyclic) bond motifs is 1. The lowest BCUT2D eigenvalue weighted by molar-refractivity contribution is 0.424. The summed E-state index contributed by atoms with van der Waals surface area (Å²) in [6.07, 6.45) is 5.67. The number of rotatable bonds is 2. The average Bonchev–Trinajstić information content (AvgIpc) is 2.65. The number of nitrogen functional groups attached to an aromatic ring is 1. The summed E-state index contributed by atoms with van der Waals surface area (Å²) in [5.41, 5.74) is 7.11. The smallest absolute Gasteiger partial charge is 0.245 e. The molecule has 1 saturated heterocycles. The molecular formula is C14H19N3O2S. The predicted octanol–water partition coefficient (Wildman–Crippen LogP) is 2.31. The molecule has 0 atom stereocenters. The number of H-pyrrole nitrogens is 1. The van der Waals surface area contributed by atoms with Crippen molar-refractivity contribution >= 4 is 26.6 Å². The lowest BCUT2D eigenvalue weighted by Crippen LogP contribution is -2.31. The molecule has 0 aliphatic carbocycles. The number of sulfonamides is 1. The van der Waals surface area contributed by atoms with Gasteiger partial charge in [-0.1, -0.05) is 12.8 Å². The topological polar surface area (TPSA) is 79.2 Å². The Bertz CT molecular complexity index is 713. The summed E-state index contributed by atoms with van der Waals surface area (Å²) in [5.74, 6) is 0. The summed E-state index contributed by atoms with van der Waals surface area (Å²) in [6.45, 7) is 1.23. The number of nitrogens with zero attached hydrogens (tertiary/aromatic N) is 1. The second-order valence-electron chi connectivity index (χ2n) is 5.28. The lowest BCUT2D eigenvalue weighted by Gasteiger charge is -2.19. The van der Waals surface area contributed by atoms with Crippen LogP contribution in [0, 0.1) is 0 Å². The summed E-state index contributed by atoms with van der Waals surface area (Å²) < 4.78 is 27.2. The highest BCUT2D eigenvalue weighted by molar-refractivity contribution is 7.89. The SMILES string of the molecule is Nc1ccc2c(S(=O)(=O)N3CCCCCC3)c[nH]c2c1. The molecule has 108 valence electrons. The van der Waals surface area contributed by atoms with E-state index in [9.17, 15) is 8.42 Å². The first kappa shape index (κ1) is 13.5. The average molecular weight is 293 g/mol. The van der Waals surface area contributed by atoms with E-state index < -0.39 is 10.0 Å². The highest BCUT2D eigenvalue weighted by Gasteiger charge is 2.27. The van der Waals surface area contributed by atoms with Gasteiger partial charge in [0.05, 0.1) is 0 Å². The van der Waals surface area contributed by atoms with Crippen molar-refractivity contribution in [3.05, 3.63) is 24.4 Å². The largest absolute Gasteiger partial charge is 0.399 e. The number of hydrogen-bond acceptors (Lipinski definition) is 3. The van der Waals surface area contributed by atoms with E-state index >= 15 is 0 Å². The van der Waals surface area contributed by atoms with Crippen molar-refractivity contribution in [2.45, 2.75) is 30.6 Å². The zero-order chi connectivity index (χ0) is 14.2. The number of benzene rings is 1. The van der Waals surface area contributed by atoms with Crippen LogP contribution in [0.4, 0.5) is 5.69 Å². The Kier molecular flexibility index (Phi) is 3.43. The van der Waals surface area contributed by atoms with Crippen LogP contribution in [0.2, 0.25) is 0 Å². The maximum atomic E-state index is 12.8. The molecule has 1 fully saturated rings. The minimum atomic E-state index is -3.42. The van der Waals surface area contributed by atoms with Gasteiger partial charge in [0.2, 0.25) is 10.0 Å². The highest BCUT2D eigenvalue weighted by atomic mass is 32.2. The zero-order valence-electron chi connectivity index (χ0n) is 11.3. The highest BCUT2D eigenvalue weighted by Crippen LogP contribution is 2.28. The first-order valence-electron chi connectivity index (χ1n) is 6.96. The lowest BCUT2D eigenvalue weighted by atomic mass is 10.2. The second-order valence-corrected chi connectivity index (χ2v) is 7.18. The van der Waals surface area contributed by atoms with Gasteiger partial charge in [0, 0.05) is 35.9 Å². The van der Waals surface area contributed by atoms with Crippen molar-refractivity contribution in [2.24, 2.45) is 0 Å². The molecule has 1 aliphatic rings. The minimum absolute atomic E-state index is 0.356. The van der Waals surface area contributed by atoms with E-state index in [-0.39, 0.29) is 0 Å². The molecule has 2 aromatic rings. The van der Waals surface area contributed by atoms with Crippen LogP contribution < -0.4 is 5.73 Å². The Morgan fingerprint density at radius 1 is 1.10 bits per heavy atom. The summed E-state index contributed by atoms with van der Waals surface area (Å²) in [4.78, 5) is 3.36. The molecule has 0 saturated carbocycles. The van der Waals surface area contributed by atoms with Crippen LogP contribution in [0.1, 0.15) is 25.7 Å². The molecule has 0 unspecified atom stereocenters. The normalized spacial score (nSPS) is 18.2. The molecule has 0 bridgehead atoms. The van der Waals surface area contributed by atoms with Crippen LogP contribution in [0.25, 0.3) is 10.9 Å². The molecule has 1 aromatic heterocycles. The van der Waals surface area contributed by atoms with E-state index in [0.29, 0.717) is 29.1 Å². The van der Waals surface area contributed by atoms with Crippen LogP contribution in [0.3, 0.4) is 0 Å². The number of nitrogens with two attached hydrogens (primary N) is 1. The third-order valence-corrected chi connectivity index (χ3v) is 5.79. The van der Waals surface area contributed by atoms with Crippen molar-refractivity contribution in [3.63, 3.8) is 0 Å². The van der Waals surface area contributed by atoms with Crippen molar-refractivity contribution < 1.29 is 8.42 Å². The fourth-order valence-corrected chi connectivity index (χ4v) is 4.43. The van der Waals surface area contributed by atoms with Crippen LogP contribution in [0.5, 0.6) is 0 Å². The molecule has 2 heterocycles. The van der Waals surface area contributed by atoms with Crippen LogP contribution >= 0.6 is 0 Å². The van der Waals surface area contributed by atoms with Gasteiger partial charge < -0.3 is 10.7 Å². The van der Waals surface area contributed by atoms with Gasteiger partial charge >= 0.3 is 0 Å². The quantitative estimate of drug-likeness (QED) is 0.834. The molecule has 6 heteroatoms. The Labute approximate surface area is 118 Å². The van der Waals surface area contributed by atoms with E-state index in [1.165, 1.54) is 0 Å². The maximum Gasteiger partial charge on any atom is 0.245 e. The third-order valence-electron chi connectivity index (χ3n) is 3.85. The summed E-state index contributed by atoms with van der Waals surface area (Å²) >= 11 is 0. The standard InChI is InChI=1S/C14H19N3O2S/c15-11-5-6-12-13(9-11)16-10-14(12)20(18,19)17-7-3-1-2-4-8-17/h5-6,9-10,16H,1-4,7-8,15H2. The Morgan fingerprint density at radius 2 is 1.80 bits per heavy atom. The predicted molar refractivity (Wildman–Crippen MR) is 79.9 cm³/mol. The second kappa shape index (κ2) is 5.10. The van der Waals surface area contributed by atoms with Gasteiger partial charge in [0.25, 0.3) is 0 Å². The summed E-state index contributed by atoms with van der Waals surface area (Å²) in [5, 5.41) is 0.712. The fraction of sp³-hybridized carbons (Fsp3) is 0.429. The van der Waals surface area contributed by atoms with Crippen LogP contribution in [-0.2, 0) is 10.0 Å². The van der Waals surface area contributed by atoms with Gasteiger partial charge in [0.1, 0.15) is 4.90 Å². The van der Waals surface area contributed by atoms with Crippen LogP contribution in [0.15, 0.2) is 29.3 Å². The van der Waals surface area contributed by atoms with Crippen LogP contribution in [-0.4, -0.2) is 30.8 Å². The molecule has 5 nitrogen and oxygen atoms in total. The van der Waals surface area contributed by atoms with E-state index in [1.54, 1.807) is 28.7 Å². The molecule has 1 aliphatic heterocycles. The Hall–Kier alpha value is -1.53. The molecular weight excluding hydrogens is 274 g/mol. The van der Waals surface area contributed by atoms with E-state index in [0.717, 1.165) is 31.2 Å². The van der Waals surface area contributed by atoms with Gasteiger partial charge in [0.15, 0.2) is 0 Å². The molecule has 0 radical (unpaired) electrons. The minimum Gasteiger partial charge on any atom is -0.399 e. The Balaban J connectivity index is 2.04. The first-order chi connectivity index (χ1) is 9.59. The monoisotopic (exact) mass is 293 g/mol. The fourth-order valence-electron chi connectivity index (χ4n) is 2.75. The van der Waals surface area contributed by atoms with Crippen molar-refractivity contribution in [1.82, 2.24) is 9.29 Å². The molecule has 1 aromatic carbocycles. The number of anilines is 1. The Morgan fingerprint density at radius 3 is 2.50 bits per heavy atom. The molecule has 0 spiro atoms. The van der Waals surface area contributed by atoms with Crippen molar-refractivity contribution in [3.8, 4) is 0 Å². The van der Waals surface area contributed by atoms with Crippen molar-refractivity contribution in [1.29, 1.82) is 0 Å². The van der Waals surface area contributed by atoms with Gasteiger partial charge in [-0.25, -0.2) is 8.42 Å². The number of aromatic nitrogens is 1. The van der Waals surface area contributed by atoms with E-state index in [1.807, 2.05) is 0 Å². The van der Waals surface area contributed by atoms with E-state index in [4.69, 9.17) is 5.73 Å². The van der Waals surface area contributed by atoms with Gasteiger partial charge in [-0.3, -0.25) is 0 Å². The van der Waals surface area contributed by atoms with Gasteiger partial charge in [-0.15, -0.1) is 0 Å². The third kappa shape index (κ3) is 2.29. The van der Waals surface area contributed by atoms with Gasteiger partial charge in [-0.2, -0.15) is 4.31 Å². The van der Waals surface area contributed by atoms with E-state index in [2.05, 4.69) is 4.98 Å². The zero-order valence-corrected chi connectivity index (χ0v) is 12.1. The number of aromatic amines is 1. The molecule has 3 N–H and O–H groups in total. The molecule has 0 amide bonds.